The topological polar surface area (TPSA) is 17.1 Å². The maximum atomic E-state index is 13.3. The quantitative estimate of drug-likeness (QED) is 0.730. The largest absolute Gasteiger partial charge is 0.294 e. The highest BCUT2D eigenvalue weighted by molar-refractivity contribution is 9.10. The Morgan fingerprint density at radius 1 is 1.16 bits per heavy atom. The van der Waals surface area contributed by atoms with Gasteiger partial charge in [-0.1, -0.05) is 29.8 Å². The van der Waals surface area contributed by atoms with Crippen LogP contribution in [0, 0.1) is 11.6 Å². The summed E-state index contributed by atoms with van der Waals surface area (Å²) in [7, 11) is 0. The highest BCUT2D eigenvalue weighted by Gasteiger charge is 2.14. The third-order valence-electron chi connectivity index (χ3n) is 2.60. The van der Waals surface area contributed by atoms with Crippen molar-refractivity contribution in [1.82, 2.24) is 0 Å². The van der Waals surface area contributed by atoms with Crippen molar-refractivity contribution in [2.75, 3.05) is 0 Å². The van der Waals surface area contributed by atoms with E-state index >= 15 is 0 Å². The molecule has 0 saturated heterocycles. The Bertz CT molecular complexity index is 643. The van der Waals surface area contributed by atoms with Gasteiger partial charge in [0.1, 0.15) is 11.6 Å². The van der Waals surface area contributed by atoms with Crippen LogP contribution in [0.1, 0.15) is 15.9 Å². The number of hydrogen-bond donors (Lipinski definition) is 0. The van der Waals surface area contributed by atoms with E-state index in [4.69, 9.17) is 11.6 Å². The molecular formula is C14H8BrClF2O. The Morgan fingerprint density at radius 3 is 2.58 bits per heavy atom. The molecule has 0 radical (unpaired) electrons. The van der Waals surface area contributed by atoms with Gasteiger partial charge in [-0.3, -0.25) is 4.79 Å². The molecule has 19 heavy (non-hydrogen) atoms. The minimum atomic E-state index is -0.578. The van der Waals surface area contributed by atoms with E-state index in [1.807, 2.05) is 0 Å². The second-order valence-corrected chi connectivity index (χ2v) is 5.15. The maximum Gasteiger partial charge on any atom is 0.168 e. The van der Waals surface area contributed by atoms with Crippen molar-refractivity contribution in [1.29, 1.82) is 0 Å². The molecule has 0 unspecified atom stereocenters. The van der Waals surface area contributed by atoms with Crippen LogP contribution in [0.5, 0.6) is 0 Å². The van der Waals surface area contributed by atoms with E-state index in [0.29, 0.717) is 5.56 Å². The lowest BCUT2D eigenvalue weighted by Gasteiger charge is -2.05. The molecule has 0 bridgehead atoms. The van der Waals surface area contributed by atoms with Crippen molar-refractivity contribution in [3.63, 3.8) is 0 Å². The van der Waals surface area contributed by atoms with Crippen molar-refractivity contribution in [2.45, 2.75) is 6.42 Å². The van der Waals surface area contributed by atoms with Crippen LogP contribution in [-0.2, 0) is 6.42 Å². The second-order valence-electron chi connectivity index (χ2n) is 3.95. The summed E-state index contributed by atoms with van der Waals surface area (Å²) < 4.78 is 26.7. The zero-order valence-electron chi connectivity index (χ0n) is 9.59. The van der Waals surface area contributed by atoms with Crippen LogP contribution in [0.2, 0.25) is 5.02 Å². The lowest BCUT2D eigenvalue weighted by atomic mass is 10.0. The van der Waals surface area contributed by atoms with Gasteiger partial charge in [0.25, 0.3) is 0 Å². The van der Waals surface area contributed by atoms with E-state index in [2.05, 4.69) is 15.9 Å². The Hall–Kier alpha value is -1.26. The predicted octanol–water partition coefficient (Wildman–Crippen LogP) is 4.81. The van der Waals surface area contributed by atoms with Crippen LogP contribution in [-0.4, -0.2) is 5.78 Å². The monoisotopic (exact) mass is 344 g/mol. The molecule has 0 aliphatic carbocycles. The number of Topliss-reactive ketones (excluding diaryl/α,β-unsaturated/α-hetero) is 1. The van der Waals surface area contributed by atoms with Crippen molar-refractivity contribution in [3.05, 3.63) is 68.7 Å². The lowest BCUT2D eigenvalue weighted by Crippen LogP contribution is -2.05. The molecule has 1 nitrogen and oxygen atoms in total. The summed E-state index contributed by atoms with van der Waals surface area (Å²) in [5, 5.41) is 0.00290. The molecule has 5 heteroatoms. The molecule has 0 atom stereocenters. The van der Waals surface area contributed by atoms with Crippen LogP contribution in [0.25, 0.3) is 0 Å². The third kappa shape index (κ3) is 3.19. The first-order valence-corrected chi connectivity index (χ1v) is 6.57. The highest BCUT2D eigenvalue weighted by Crippen LogP contribution is 2.23. The fourth-order valence-electron chi connectivity index (χ4n) is 1.65. The number of benzene rings is 2. The van der Waals surface area contributed by atoms with Gasteiger partial charge in [0, 0.05) is 12.0 Å². The fraction of sp³-hybridized carbons (Fsp3) is 0.0714. The number of halogens is 4. The van der Waals surface area contributed by atoms with Crippen LogP contribution >= 0.6 is 27.5 Å². The molecule has 0 spiro atoms. The molecule has 0 aliphatic heterocycles. The van der Waals surface area contributed by atoms with Crippen molar-refractivity contribution in [3.8, 4) is 0 Å². The first-order valence-electron chi connectivity index (χ1n) is 5.40. The van der Waals surface area contributed by atoms with Crippen molar-refractivity contribution < 1.29 is 13.6 Å². The Labute approximate surface area is 122 Å². The van der Waals surface area contributed by atoms with E-state index in [9.17, 15) is 13.6 Å². The minimum absolute atomic E-state index is 0.00290. The van der Waals surface area contributed by atoms with E-state index in [1.54, 1.807) is 6.07 Å². The van der Waals surface area contributed by atoms with Gasteiger partial charge in [-0.15, -0.1) is 0 Å². The summed E-state index contributed by atoms with van der Waals surface area (Å²) in [4.78, 5) is 12.0. The smallest absolute Gasteiger partial charge is 0.168 e. The molecular weight excluding hydrogens is 338 g/mol. The molecule has 0 aromatic heterocycles. The number of carbonyl (C=O) groups excluding carboxylic acids is 1. The zero-order valence-corrected chi connectivity index (χ0v) is 11.9. The van der Waals surface area contributed by atoms with E-state index in [-0.39, 0.29) is 27.3 Å². The van der Waals surface area contributed by atoms with E-state index in [1.165, 1.54) is 30.3 Å². The molecule has 0 heterocycles. The minimum Gasteiger partial charge on any atom is -0.294 e. The predicted molar refractivity (Wildman–Crippen MR) is 73.5 cm³/mol. The number of hydrogen-bond acceptors (Lipinski definition) is 1. The van der Waals surface area contributed by atoms with E-state index in [0.717, 1.165) is 0 Å². The fourth-order valence-corrected chi connectivity index (χ4v) is 2.25. The van der Waals surface area contributed by atoms with Crippen LogP contribution in [0.4, 0.5) is 8.78 Å². The first kappa shape index (κ1) is 14.2. The Kier molecular flexibility index (Phi) is 4.32. The van der Waals surface area contributed by atoms with Gasteiger partial charge in [0.2, 0.25) is 0 Å². The molecule has 0 fully saturated rings. The number of ketones is 1. The van der Waals surface area contributed by atoms with Crippen molar-refractivity contribution >= 4 is 33.3 Å². The molecule has 2 rings (SSSR count). The number of rotatable bonds is 3. The van der Waals surface area contributed by atoms with Gasteiger partial charge in [-0.05, 0) is 39.7 Å². The van der Waals surface area contributed by atoms with E-state index < -0.39 is 11.6 Å². The maximum absolute atomic E-state index is 13.3. The van der Waals surface area contributed by atoms with Crippen molar-refractivity contribution in [2.24, 2.45) is 0 Å². The first-order chi connectivity index (χ1) is 8.99. The van der Waals surface area contributed by atoms with Gasteiger partial charge >= 0.3 is 0 Å². The summed E-state index contributed by atoms with van der Waals surface area (Å²) in [6, 6.07) is 8.38. The SMILES string of the molecule is O=C(Cc1ccc(Cl)c(F)c1)c1cccc(F)c1Br. The van der Waals surface area contributed by atoms with Crippen LogP contribution < -0.4 is 0 Å². The summed E-state index contributed by atoms with van der Waals surface area (Å²) in [6.07, 6.45) is -0.0177. The molecule has 0 amide bonds. The van der Waals surface area contributed by atoms with Gasteiger partial charge in [-0.2, -0.15) is 0 Å². The standard InChI is InChI=1S/C14H8BrClF2O/c15-14-9(2-1-3-11(14)17)13(19)7-8-4-5-10(16)12(18)6-8/h1-6H,7H2. The normalized spacial score (nSPS) is 10.5. The van der Waals surface area contributed by atoms with Gasteiger partial charge in [0.05, 0.1) is 9.50 Å². The molecule has 98 valence electrons. The summed E-state index contributed by atoms with van der Waals surface area (Å²) in [5.41, 5.74) is 0.721. The third-order valence-corrected chi connectivity index (χ3v) is 3.71. The van der Waals surface area contributed by atoms with Crippen LogP contribution in [0.3, 0.4) is 0 Å². The summed E-state index contributed by atoms with van der Waals surface area (Å²) in [6.45, 7) is 0. The molecule has 2 aromatic carbocycles. The number of carbonyl (C=O) groups is 1. The summed E-state index contributed by atoms with van der Waals surface area (Å²) >= 11 is 8.59. The zero-order chi connectivity index (χ0) is 14.0. The molecule has 0 N–H and O–H groups in total. The molecule has 0 saturated carbocycles. The van der Waals surface area contributed by atoms with Gasteiger partial charge in [-0.25, -0.2) is 8.78 Å². The van der Waals surface area contributed by atoms with Gasteiger partial charge in [0.15, 0.2) is 5.78 Å². The second kappa shape index (κ2) is 5.80. The molecule has 2 aromatic rings. The summed E-state index contributed by atoms with van der Waals surface area (Å²) in [5.74, 6) is -1.38. The lowest BCUT2D eigenvalue weighted by molar-refractivity contribution is 0.0991. The Morgan fingerprint density at radius 2 is 1.89 bits per heavy atom. The average molecular weight is 346 g/mol. The Balaban J connectivity index is 2.26. The van der Waals surface area contributed by atoms with Gasteiger partial charge < -0.3 is 0 Å². The molecule has 0 aliphatic rings. The highest BCUT2D eigenvalue weighted by atomic mass is 79.9. The van der Waals surface area contributed by atoms with Crippen LogP contribution in [0.15, 0.2) is 40.9 Å². The average Bonchev–Trinajstić information content (AvgIpc) is 2.37.